The summed E-state index contributed by atoms with van der Waals surface area (Å²) in [6.07, 6.45) is 10.3. The molecule has 1 nitrogen and oxygen atoms in total. The number of fused-ring (bicyclic) bond motifs is 1. The predicted molar refractivity (Wildman–Crippen MR) is 58.0 cm³/mol. The zero-order valence-corrected chi connectivity index (χ0v) is 9.05. The second-order valence-corrected chi connectivity index (χ2v) is 4.88. The molecule has 0 N–H and O–H groups in total. The Balaban J connectivity index is 2.34. The van der Waals surface area contributed by atoms with Crippen LogP contribution in [0, 0.1) is 11.3 Å². The SMILES string of the molecule is CC1=CC=CC[C@H]2CCC(=O)C[C@]12C. The third-order valence-electron chi connectivity index (χ3n) is 4.04. The van der Waals surface area contributed by atoms with Crippen LogP contribution >= 0.6 is 0 Å². The number of hydrogen-bond donors (Lipinski definition) is 0. The summed E-state index contributed by atoms with van der Waals surface area (Å²) in [6.45, 7) is 4.43. The van der Waals surface area contributed by atoms with Gasteiger partial charge in [-0.2, -0.15) is 0 Å². The molecule has 0 aliphatic heterocycles. The molecule has 0 saturated heterocycles. The molecule has 1 heteroatoms. The molecular weight excluding hydrogens is 172 g/mol. The van der Waals surface area contributed by atoms with Crippen molar-refractivity contribution in [2.24, 2.45) is 11.3 Å². The van der Waals surface area contributed by atoms with Crippen molar-refractivity contribution in [1.82, 2.24) is 0 Å². The summed E-state index contributed by atoms with van der Waals surface area (Å²) in [7, 11) is 0. The van der Waals surface area contributed by atoms with Crippen molar-refractivity contribution in [2.45, 2.75) is 39.5 Å². The summed E-state index contributed by atoms with van der Waals surface area (Å²) >= 11 is 0. The van der Waals surface area contributed by atoms with Gasteiger partial charge in [-0.3, -0.25) is 4.79 Å². The summed E-state index contributed by atoms with van der Waals surface area (Å²) < 4.78 is 0. The molecular formula is C13H18O. The van der Waals surface area contributed by atoms with Gasteiger partial charge in [-0.05, 0) is 31.1 Å². The van der Waals surface area contributed by atoms with Crippen LogP contribution in [0.2, 0.25) is 0 Å². The number of carbonyl (C=O) groups is 1. The summed E-state index contributed by atoms with van der Waals surface area (Å²) in [5.41, 5.74) is 1.52. The Bertz CT molecular complexity index is 311. The van der Waals surface area contributed by atoms with E-state index >= 15 is 0 Å². The molecule has 1 saturated carbocycles. The number of Topliss-reactive ketones (excluding diaryl/α,β-unsaturated/α-hetero) is 1. The molecule has 0 amide bonds. The molecule has 0 radical (unpaired) electrons. The van der Waals surface area contributed by atoms with Gasteiger partial charge < -0.3 is 0 Å². The van der Waals surface area contributed by atoms with Crippen molar-refractivity contribution in [3.63, 3.8) is 0 Å². The Morgan fingerprint density at radius 2 is 2.29 bits per heavy atom. The molecule has 2 atom stereocenters. The minimum absolute atomic E-state index is 0.138. The first-order valence-electron chi connectivity index (χ1n) is 5.48. The third kappa shape index (κ3) is 1.45. The fourth-order valence-corrected chi connectivity index (χ4v) is 2.78. The molecule has 0 aromatic rings. The van der Waals surface area contributed by atoms with Crippen LogP contribution < -0.4 is 0 Å². The molecule has 2 aliphatic carbocycles. The van der Waals surface area contributed by atoms with E-state index in [1.807, 2.05) is 0 Å². The first kappa shape index (κ1) is 9.70. The fourth-order valence-electron chi connectivity index (χ4n) is 2.78. The maximum Gasteiger partial charge on any atom is 0.133 e. The van der Waals surface area contributed by atoms with Crippen LogP contribution in [0.15, 0.2) is 23.8 Å². The second-order valence-electron chi connectivity index (χ2n) is 4.88. The maximum absolute atomic E-state index is 11.5. The fraction of sp³-hybridized carbons (Fsp3) is 0.615. The zero-order chi connectivity index (χ0) is 10.2. The molecule has 0 aromatic heterocycles. The second kappa shape index (κ2) is 3.38. The smallest absolute Gasteiger partial charge is 0.133 e. The third-order valence-corrected chi connectivity index (χ3v) is 4.04. The highest BCUT2D eigenvalue weighted by Crippen LogP contribution is 2.47. The van der Waals surface area contributed by atoms with E-state index < -0.39 is 0 Å². The molecule has 14 heavy (non-hydrogen) atoms. The molecule has 0 bridgehead atoms. The number of ketones is 1. The van der Waals surface area contributed by atoms with Crippen molar-refractivity contribution >= 4 is 5.78 Å². The van der Waals surface area contributed by atoms with Crippen LogP contribution in [0.1, 0.15) is 39.5 Å². The summed E-state index contributed by atoms with van der Waals surface area (Å²) in [5, 5.41) is 0. The number of carbonyl (C=O) groups excluding carboxylic acids is 1. The average molecular weight is 190 g/mol. The Hall–Kier alpha value is -0.850. The van der Waals surface area contributed by atoms with E-state index in [1.165, 1.54) is 5.57 Å². The van der Waals surface area contributed by atoms with Crippen LogP contribution in [0.3, 0.4) is 0 Å². The monoisotopic (exact) mass is 190 g/mol. The van der Waals surface area contributed by atoms with Crippen molar-refractivity contribution in [1.29, 1.82) is 0 Å². The molecule has 2 rings (SSSR count). The maximum atomic E-state index is 11.5. The predicted octanol–water partition coefficient (Wildman–Crippen LogP) is 3.27. The standard InChI is InChI=1S/C13H18O/c1-10-5-3-4-6-11-7-8-12(14)9-13(10,11)2/h3-5,11H,6-9H2,1-2H3/t11-,13+/m0/s1. The lowest BCUT2D eigenvalue weighted by Crippen LogP contribution is -2.35. The lowest BCUT2D eigenvalue weighted by Gasteiger charge is -2.41. The van der Waals surface area contributed by atoms with E-state index in [-0.39, 0.29) is 5.41 Å². The highest BCUT2D eigenvalue weighted by atomic mass is 16.1. The quantitative estimate of drug-likeness (QED) is 0.573. The molecule has 1 fully saturated rings. The van der Waals surface area contributed by atoms with E-state index in [0.717, 1.165) is 25.7 Å². The minimum Gasteiger partial charge on any atom is -0.300 e. The average Bonchev–Trinajstić information content (AvgIpc) is 2.26. The summed E-state index contributed by atoms with van der Waals surface area (Å²) in [5.74, 6) is 1.12. The van der Waals surface area contributed by atoms with E-state index in [9.17, 15) is 4.79 Å². The highest BCUT2D eigenvalue weighted by Gasteiger charge is 2.40. The van der Waals surface area contributed by atoms with Crippen molar-refractivity contribution < 1.29 is 4.79 Å². The summed E-state index contributed by atoms with van der Waals surface area (Å²) in [4.78, 5) is 11.5. The van der Waals surface area contributed by atoms with Crippen LogP contribution in [-0.2, 0) is 4.79 Å². The first-order valence-corrected chi connectivity index (χ1v) is 5.48. The summed E-state index contributed by atoms with van der Waals surface area (Å²) in [6, 6.07) is 0. The zero-order valence-electron chi connectivity index (χ0n) is 9.05. The highest BCUT2D eigenvalue weighted by molar-refractivity contribution is 5.80. The normalized spacial score (nSPS) is 37.4. The van der Waals surface area contributed by atoms with Crippen LogP contribution in [-0.4, -0.2) is 5.78 Å². The van der Waals surface area contributed by atoms with Gasteiger partial charge in [0.2, 0.25) is 0 Å². The van der Waals surface area contributed by atoms with Crippen molar-refractivity contribution in [3.8, 4) is 0 Å². The number of hydrogen-bond acceptors (Lipinski definition) is 1. The molecule has 0 spiro atoms. The molecule has 0 aromatic carbocycles. The number of allylic oxidation sites excluding steroid dienone is 4. The van der Waals surface area contributed by atoms with E-state index in [0.29, 0.717) is 11.7 Å². The van der Waals surface area contributed by atoms with Crippen molar-refractivity contribution in [2.75, 3.05) is 0 Å². The lowest BCUT2D eigenvalue weighted by atomic mass is 9.63. The Morgan fingerprint density at radius 1 is 1.50 bits per heavy atom. The minimum atomic E-state index is 0.138. The van der Waals surface area contributed by atoms with Crippen molar-refractivity contribution in [3.05, 3.63) is 23.8 Å². The number of rotatable bonds is 0. The van der Waals surface area contributed by atoms with Gasteiger partial charge in [-0.25, -0.2) is 0 Å². The van der Waals surface area contributed by atoms with E-state index in [2.05, 4.69) is 32.1 Å². The van der Waals surface area contributed by atoms with Gasteiger partial charge in [0.15, 0.2) is 0 Å². The van der Waals surface area contributed by atoms with Gasteiger partial charge in [-0.15, -0.1) is 0 Å². The van der Waals surface area contributed by atoms with Gasteiger partial charge in [0.25, 0.3) is 0 Å². The first-order chi connectivity index (χ1) is 6.63. The molecule has 2 aliphatic rings. The van der Waals surface area contributed by atoms with Gasteiger partial charge in [0.05, 0.1) is 0 Å². The Kier molecular flexibility index (Phi) is 2.34. The largest absolute Gasteiger partial charge is 0.300 e. The van der Waals surface area contributed by atoms with Gasteiger partial charge in [0, 0.05) is 12.8 Å². The molecule has 0 unspecified atom stereocenters. The van der Waals surface area contributed by atoms with E-state index in [1.54, 1.807) is 0 Å². The van der Waals surface area contributed by atoms with Crippen LogP contribution in [0.5, 0.6) is 0 Å². The van der Waals surface area contributed by atoms with Gasteiger partial charge >= 0.3 is 0 Å². The Labute approximate surface area is 85.9 Å². The Morgan fingerprint density at radius 3 is 3.07 bits per heavy atom. The molecule has 76 valence electrons. The van der Waals surface area contributed by atoms with Gasteiger partial charge in [-0.1, -0.05) is 30.7 Å². The van der Waals surface area contributed by atoms with Crippen LogP contribution in [0.25, 0.3) is 0 Å². The van der Waals surface area contributed by atoms with E-state index in [4.69, 9.17) is 0 Å². The topological polar surface area (TPSA) is 17.1 Å². The lowest BCUT2D eigenvalue weighted by molar-refractivity contribution is -0.124. The molecule has 0 heterocycles. The van der Waals surface area contributed by atoms with Crippen LogP contribution in [0.4, 0.5) is 0 Å². The van der Waals surface area contributed by atoms with Gasteiger partial charge in [0.1, 0.15) is 5.78 Å².